The topological polar surface area (TPSA) is 75.6 Å². The maximum Gasteiger partial charge on any atom is 0.142 e. The molecule has 0 aliphatic rings. The van der Waals surface area contributed by atoms with Crippen LogP contribution < -0.4 is 5.73 Å². The quantitative estimate of drug-likeness (QED) is 0.797. The SMILES string of the molecule is CCc1c(-c2ccccc2)nc(N)c(C#N)c1-c1ccncc1. The average Bonchev–Trinajstić information content (AvgIpc) is 2.62. The second kappa shape index (κ2) is 6.29. The molecule has 1 aromatic carbocycles. The van der Waals surface area contributed by atoms with Crippen molar-refractivity contribution in [1.82, 2.24) is 9.97 Å². The lowest BCUT2D eigenvalue weighted by Crippen LogP contribution is -2.05. The van der Waals surface area contributed by atoms with Gasteiger partial charge in [-0.3, -0.25) is 4.98 Å². The largest absolute Gasteiger partial charge is 0.383 e. The Morgan fingerprint density at radius 2 is 1.74 bits per heavy atom. The second-order valence-electron chi connectivity index (χ2n) is 5.14. The summed E-state index contributed by atoms with van der Waals surface area (Å²) in [5.41, 5.74) is 11.1. The van der Waals surface area contributed by atoms with Gasteiger partial charge >= 0.3 is 0 Å². The van der Waals surface area contributed by atoms with Crippen LogP contribution in [0.15, 0.2) is 54.9 Å². The molecule has 2 heterocycles. The van der Waals surface area contributed by atoms with E-state index in [1.54, 1.807) is 12.4 Å². The van der Waals surface area contributed by atoms with Crippen molar-refractivity contribution in [2.75, 3.05) is 5.73 Å². The van der Waals surface area contributed by atoms with E-state index in [0.29, 0.717) is 5.56 Å². The molecule has 0 radical (unpaired) electrons. The number of pyridine rings is 2. The molecule has 0 aliphatic heterocycles. The third kappa shape index (κ3) is 2.65. The molecule has 4 heteroatoms. The Kier molecular flexibility index (Phi) is 4.03. The van der Waals surface area contributed by atoms with Crippen LogP contribution in [0.3, 0.4) is 0 Å². The summed E-state index contributed by atoms with van der Waals surface area (Å²) in [5, 5.41) is 9.56. The molecule has 0 saturated carbocycles. The second-order valence-corrected chi connectivity index (χ2v) is 5.14. The molecule has 0 amide bonds. The summed E-state index contributed by atoms with van der Waals surface area (Å²) >= 11 is 0. The van der Waals surface area contributed by atoms with Crippen molar-refractivity contribution in [1.29, 1.82) is 5.26 Å². The van der Waals surface area contributed by atoms with Crippen molar-refractivity contribution in [2.45, 2.75) is 13.3 Å². The standard InChI is InChI=1S/C19H16N4/c1-2-15-17(13-8-10-22-11-9-13)16(12-20)19(21)23-18(15)14-6-4-3-5-7-14/h3-11H,2H2,1H3,(H2,21,23). The lowest BCUT2D eigenvalue weighted by Gasteiger charge is -2.16. The molecular weight excluding hydrogens is 284 g/mol. The molecule has 112 valence electrons. The minimum absolute atomic E-state index is 0.260. The van der Waals surface area contributed by atoms with Gasteiger partial charge in [-0.15, -0.1) is 0 Å². The zero-order chi connectivity index (χ0) is 16.2. The molecule has 4 nitrogen and oxygen atoms in total. The number of nitrogen functional groups attached to an aromatic ring is 1. The number of nitrogens with zero attached hydrogens (tertiary/aromatic N) is 3. The van der Waals surface area contributed by atoms with Crippen LogP contribution in [0.25, 0.3) is 22.4 Å². The maximum absolute atomic E-state index is 9.56. The molecular formula is C19H16N4. The minimum Gasteiger partial charge on any atom is -0.383 e. The smallest absolute Gasteiger partial charge is 0.142 e. The van der Waals surface area contributed by atoms with E-state index >= 15 is 0 Å². The third-order valence-corrected chi connectivity index (χ3v) is 3.81. The van der Waals surface area contributed by atoms with Crippen molar-refractivity contribution in [2.24, 2.45) is 0 Å². The number of nitriles is 1. The van der Waals surface area contributed by atoms with Crippen molar-refractivity contribution in [3.8, 4) is 28.5 Å². The van der Waals surface area contributed by atoms with Crippen molar-refractivity contribution >= 4 is 5.82 Å². The van der Waals surface area contributed by atoms with Crippen LogP contribution >= 0.6 is 0 Å². The van der Waals surface area contributed by atoms with E-state index in [2.05, 4.69) is 23.0 Å². The van der Waals surface area contributed by atoms with Gasteiger partial charge in [0.05, 0.1) is 5.69 Å². The van der Waals surface area contributed by atoms with Gasteiger partial charge < -0.3 is 5.73 Å². The summed E-state index contributed by atoms with van der Waals surface area (Å²) in [4.78, 5) is 8.57. The Balaban J connectivity index is 2.38. The summed E-state index contributed by atoms with van der Waals surface area (Å²) in [6, 6.07) is 15.9. The van der Waals surface area contributed by atoms with Gasteiger partial charge in [0, 0.05) is 23.5 Å². The van der Waals surface area contributed by atoms with Crippen LogP contribution in [-0.2, 0) is 6.42 Å². The van der Waals surface area contributed by atoms with Crippen LogP contribution in [0.1, 0.15) is 18.1 Å². The number of aromatic nitrogens is 2. The Bertz CT molecular complexity index is 865. The van der Waals surface area contributed by atoms with Gasteiger partial charge in [0.2, 0.25) is 0 Å². The first-order chi connectivity index (χ1) is 11.3. The van der Waals surface area contributed by atoms with Crippen LogP contribution in [-0.4, -0.2) is 9.97 Å². The van der Waals surface area contributed by atoms with E-state index in [1.165, 1.54) is 0 Å². The summed E-state index contributed by atoms with van der Waals surface area (Å²) in [5.74, 6) is 0.260. The third-order valence-electron chi connectivity index (χ3n) is 3.81. The van der Waals surface area contributed by atoms with E-state index in [4.69, 9.17) is 5.73 Å². The van der Waals surface area contributed by atoms with E-state index < -0.39 is 0 Å². The highest BCUT2D eigenvalue weighted by Gasteiger charge is 2.19. The van der Waals surface area contributed by atoms with E-state index in [-0.39, 0.29) is 5.82 Å². The van der Waals surface area contributed by atoms with Crippen LogP contribution in [0, 0.1) is 11.3 Å². The van der Waals surface area contributed by atoms with Gasteiger partial charge in [-0.05, 0) is 29.7 Å². The summed E-state index contributed by atoms with van der Waals surface area (Å²) in [6.07, 6.45) is 4.19. The van der Waals surface area contributed by atoms with Gasteiger partial charge in [0.25, 0.3) is 0 Å². The monoisotopic (exact) mass is 300 g/mol. The Morgan fingerprint density at radius 3 is 2.35 bits per heavy atom. The van der Waals surface area contributed by atoms with Crippen molar-refractivity contribution in [3.63, 3.8) is 0 Å². The molecule has 0 spiro atoms. The molecule has 3 aromatic rings. The lowest BCUT2D eigenvalue weighted by atomic mass is 9.91. The number of nitrogens with two attached hydrogens (primary N) is 1. The predicted molar refractivity (Wildman–Crippen MR) is 91.4 cm³/mol. The highest BCUT2D eigenvalue weighted by molar-refractivity contribution is 5.84. The van der Waals surface area contributed by atoms with Gasteiger partial charge in [-0.25, -0.2) is 4.98 Å². The highest BCUT2D eigenvalue weighted by atomic mass is 14.9. The van der Waals surface area contributed by atoms with Gasteiger partial charge in [-0.2, -0.15) is 5.26 Å². The van der Waals surface area contributed by atoms with E-state index in [9.17, 15) is 5.26 Å². The average molecular weight is 300 g/mol. The van der Waals surface area contributed by atoms with Gasteiger partial charge in [0.15, 0.2) is 0 Å². The molecule has 0 unspecified atom stereocenters. The fraction of sp³-hybridized carbons (Fsp3) is 0.105. The zero-order valence-corrected chi connectivity index (χ0v) is 12.8. The summed E-state index contributed by atoms with van der Waals surface area (Å²) < 4.78 is 0. The molecule has 2 N–H and O–H groups in total. The van der Waals surface area contributed by atoms with Gasteiger partial charge in [0.1, 0.15) is 17.5 Å². The van der Waals surface area contributed by atoms with Crippen LogP contribution in [0.2, 0.25) is 0 Å². The number of hydrogen-bond acceptors (Lipinski definition) is 4. The fourth-order valence-corrected chi connectivity index (χ4v) is 2.77. The minimum atomic E-state index is 0.260. The van der Waals surface area contributed by atoms with Gasteiger partial charge in [-0.1, -0.05) is 37.3 Å². The lowest BCUT2D eigenvalue weighted by molar-refractivity contribution is 1.11. The first-order valence-electron chi connectivity index (χ1n) is 7.44. The molecule has 23 heavy (non-hydrogen) atoms. The van der Waals surface area contributed by atoms with E-state index in [0.717, 1.165) is 34.4 Å². The predicted octanol–water partition coefficient (Wildman–Crippen LogP) is 3.83. The summed E-state index contributed by atoms with van der Waals surface area (Å²) in [7, 11) is 0. The van der Waals surface area contributed by atoms with Crippen molar-refractivity contribution in [3.05, 3.63) is 66.0 Å². The number of hydrogen-bond donors (Lipinski definition) is 1. The van der Waals surface area contributed by atoms with Crippen molar-refractivity contribution < 1.29 is 0 Å². The number of anilines is 1. The molecule has 0 saturated heterocycles. The van der Waals surface area contributed by atoms with Crippen LogP contribution in [0.4, 0.5) is 5.82 Å². The first kappa shape index (κ1) is 14.7. The Morgan fingerprint density at radius 1 is 1.04 bits per heavy atom. The Labute approximate surface area is 135 Å². The highest BCUT2D eigenvalue weighted by Crippen LogP contribution is 2.36. The fourth-order valence-electron chi connectivity index (χ4n) is 2.77. The first-order valence-corrected chi connectivity index (χ1v) is 7.44. The van der Waals surface area contributed by atoms with Crippen LogP contribution in [0.5, 0.6) is 0 Å². The molecule has 2 aromatic heterocycles. The molecule has 0 aliphatic carbocycles. The normalized spacial score (nSPS) is 10.3. The molecule has 0 atom stereocenters. The molecule has 0 bridgehead atoms. The van der Waals surface area contributed by atoms with E-state index in [1.807, 2.05) is 42.5 Å². The summed E-state index contributed by atoms with van der Waals surface area (Å²) in [6.45, 7) is 2.06. The molecule has 0 fully saturated rings. The maximum atomic E-state index is 9.56. The Hall–Kier alpha value is -3.19. The number of rotatable bonds is 3. The zero-order valence-electron chi connectivity index (χ0n) is 12.8. The molecule has 3 rings (SSSR count). The number of benzene rings is 1.